The van der Waals surface area contributed by atoms with Crippen molar-refractivity contribution in [1.29, 1.82) is 0 Å². The summed E-state index contributed by atoms with van der Waals surface area (Å²) < 4.78 is 34.4. The first-order valence-electron chi connectivity index (χ1n) is 24.1. The summed E-state index contributed by atoms with van der Waals surface area (Å²) >= 11 is 0. The zero-order chi connectivity index (χ0) is 42.8. The third-order valence-electron chi connectivity index (χ3n) is 10.5. The lowest BCUT2D eigenvalue weighted by Gasteiger charge is -2.24. The van der Waals surface area contributed by atoms with Crippen molar-refractivity contribution in [2.45, 2.75) is 225 Å². The van der Waals surface area contributed by atoms with Crippen molar-refractivity contribution in [3.63, 3.8) is 0 Å². The topological polar surface area (TPSA) is 108 Å². The lowest BCUT2D eigenvalue weighted by Crippen LogP contribution is -2.37. The Morgan fingerprint density at radius 3 is 1.28 bits per heavy atom. The Kier molecular flexibility index (Phi) is 39.8. The quantitative estimate of drug-likeness (QED) is 0.0212. The number of phosphoric ester groups is 1. The van der Waals surface area contributed by atoms with Gasteiger partial charge in [0.15, 0.2) is 6.10 Å². The summed E-state index contributed by atoms with van der Waals surface area (Å²) in [5, 5.41) is 0. The molecule has 0 aromatic heterocycles. The molecule has 2 atom stereocenters. The number of carbonyl (C=O) groups excluding carboxylic acids is 2. The van der Waals surface area contributed by atoms with E-state index >= 15 is 0 Å². The molecule has 0 fully saturated rings. The van der Waals surface area contributed by atoms with E-state index in [0.29, 0.717) is 17.4 Å². The Labute approximate surface area is 358 Å². The highest BCUT2D eigenvalue weighted by Gasteiger charge is 2.27. The van der Waals surface area contributed by atoms with Gasteiger partial charge in [-0.15, -0.1) is 0 Å². The Bertz CT molecular complexity index is 1040. The number of nitrogens with zero attached hydrogens (tertiary/aromatic N) is 1. The van der Waals surface area contributed by atoms with Gasteiger partial charge in [-0.05, 0) is 64.2 Å². The van der Waals surface area contributed by atoms with Crippen molar-refractivity contribution < 1.29 is 42.1 Å². The summed E-state index contributed by atoms with van der Waals surface area (Å²) in [6, 6.07) is 0. The maximum atomic E-state index is 12.7. The largest absolute Gasteiger partial charge is 0.472 e. The molecule has 0 spiro atoms. The van der Waals surface area contributed by atoms with Crippen LogP contribution in [0.15, 0.2) is 24.3 Å². The van der Waals surface area contributed by atoms with Crippen LogP contribution in [-0.4, -0.2) is 74.9 Å². The highest BCUT2D eigenvalue weighted by atomic mass is 31.2. The predicted molar refractivity (Wildman–Crippen MR) is 243 cm³/mol. The molecular weight excluding hydrogens is 750 g/mol. The molecule has 1 N–H and O–H groups in total. The molecule has 0 amide bonds. The van der Waals surface area contributed by atoms with Crippen LogP contribution in [0.5, 0.6) is 0 Å². The normalized spacial score (nSPS) is 13.7. The van der Waals surface area contributed by atoms with E-state index in [-0.39, 0.29) is 32.0 Å². The van der Waals surface area contributed by atoms with E-state index in [2.05, 4.69) is 38.2 Å². The van der Waals surface area contributed by atoms with Gasteiger partial charge >= 0.3 is 19.8 Å². The fourth-order valence-electron chi connectivity index (χ4n) is 6.65. The molecule has 0 saturated carbocycles. The first-order valence-corrected chi connectivity index (χ1v) is 25.6. The van der Waals surface area contributed by atoms with Gasteiger partial charge in [0.05, 0.1) is 27.7 Å². The lowest BCUT2D eigenvalue weighted by atomic mass is 10.1. The monoisotopic (exact) mass is 843 g/mol. The SMILES string of the molecule is CCCCCCCC/C=C/CCCCCCCCCCCC(=O)O[C@H](COC(=O)CCCCCCC/C=C/CCCCCCCC)COP(=O)(O)OCC[N+](C)(C)C. The standard InChI is InChI=1S/C48H92NO8P/c1-6-8-10-12-14-16-18-20-22-23-24-25-27-29-31-33-35-37-39-41-48(51)57-46(45-56-58(52,53)55-43-42-49(3,4)5)44-54-47(50)40-38-36-34-32-30-28-26-21-19-17-15-13-11-9-7-2/h20-22,26,46H,6-19,23-25,27-45H2,1-5H3/p+1/b22-20+,26-21+/t46-/m1/s1. The van der Waals surface area contributed by atoms with Gasteiger partial charge in [0.25, 0.3) is 0 Å². The van der Waals surface area contributed by atoms with Crippen LogP contribution < -0.4 is 0 Å². The summed E-state index contributed by atoms with van der Waals surface area (Å²) in [5.41, 5.74) is 0. The Hall–Kier alpha value is -1.51. The van der Waals surface area contributed by atoms with Crippen molar-refractivity contribution >= 4 is 19.8 Å². The van der Waals surface area contributed by atoms with Crippen LogP contribution in [0.3, 0.4) is 0 Å². The summed E-state index contributed by atoms with van der Waals surface area (Å²) in [6.45, 7) is 4.42. The molecule has 0 heterocycles. The van der Waals surface area contributed by atoms with Crippen LogP contribution in [0.1, 0.15) is 219 Å². The maximum absolute atomic E-state index is 12.7. The summed E-state index contributed by atoms with van der Waals surface area (Å²) in [7, 11) is 1.48. The summed E-state index contributed by atoms with van der Waals surface area (Å²) in [4.78, 5) is 35.4. The highest BCUT2D eigenvalue weighted by Crippen LogP contribution is 2.43. The number of unbranched alkanes of at least 4 members (excludes halogenated alkanes) is 26. The first-order chi connectivity index (χ1) is 28.0. The van der Waals surface area contributed by atoms with Gasteiger partial charge in [0.2, 0.25) is 0 Å². The van der Waals surface area contributed by atoms with Crippen LogP contribution in [-0.2, 0) is 32.7 Å². The highest BCUT2D eigenvalue weighted by molar-refractivity contribution is 7.47. The Balaban J connectivity index is 4.29. The van der Waals surface area contributed by atoms with Gasteiger partial charge in [-0.2, -0.15) is 0 Å². The average molecular weight is 843 g/mol. The Morgan fingerprint density at radius 2 is 0.879 bits per heavy atom. The lowest BCUT2D eigenvalue weighted by molar-refractivity contribution is -0.870. The van der Waals surface area contributed by atoms with E-state index in [9.17, 15) is 19.0 Å². The molecule has 0 aliphatic carbocycles. The first kappa shape index (κ1) is 56.5. The van der Waals surface area contributed by atoms with E-state index in [1.807, 2.05) is 21.1 Å². The number of hydrogen-bond donors (Lipinski definition) is 1. The molecule has 9 nitrogen and oxygen atoms in total. The fourth-order valence-corrected chi connectivity index (χ4v) is 7.39. The van der Waals surface area contributed by atoms with Crippen molar-refractivity contribution in [3.8, 4) is 0 Å². The van der Waals surface area contributed by atoms with E-state index < -0.39 is 26.5 Å². The second-order valence-electron chi connectivity index (χ2n) is 17.5. The molecule has 10 heteroatoms. The molecule has 0 aromatic rings. The number of allylic oxidation sites excluding steroid dienone is 4. The molecular formula is C48H93NO8P+. The van der Waals surface area contributed by atoms with Gasteiger partial charge < -0.3 is 18.9 Å². The molecule has 342 valence electrons. The smallest absolute Gasteiger partial charge is 0.462 e. The van der Waals surface area contributed by atoms with Crippen molar-refractivity contribution in [2.24, 2.45) is 0 Å². The minimum absolute atomic E-state index is 0.0314. The van der Waals surface area contributed by atoms with Crippen LogP contribution in [0.4, 0.5) is 0 Å². The van der Waals surface area contributed by atoms with Crippen LogP contribution in [0.2, 0.25) is 0 Å². The minimum Gasteiger partial charge on any atom is -0.462 e. The van der Waals surface area contributed by atoms with E-state index in [0.717, 1.165) is 57.8 Å². The number of rotatable bonds is 44. The molecule has 0 aliphatic heterocycles. The van der Waals surface area contributed by atoms with Crippen molar-refractivity contribution in [1.82, 2.24) is 0 Å². The van der Waals surface area contributed by atoms with Gasteiger partial charge in [0.1, 0.15) is 19.8 Å². The van der Waals surface area contributed by atoms with Gasteiger partial charge in [-0.1, -0.05) is 167 Å². The van der Waals surface area contributed by atoms with Crippen molar-refractivity contribution in [3.05, 3.63) is 24.3 Å². The number of carbonyl (C=O) groups is 2. The summed E-state index contributed by atoms with van der Waals surface area (Å²) in [5.74, 6) is -0.803. The molecule has 1 unspecified atom stereocenters. The van der Waals surface area contributed by atoms with Gasteiger partial charge in [-0.25, -0.2) is 4.57 Å². The Morgan fingerprint density at radius 1 is 0.517 bits per heavy atom. The van der Waals surface area contributed by atoms with Crippen LogP contribution >= 0.6 is 7.82 Å². The molecule has 0 aromatic carbocycles. The number of quaternary nitrogens is 1. The van der Waals surface area contributed by atoms with Crippen LogP contribution in [0, 0.1) is 0 Å². The number of phosphoric acid groups is 1. The molecule has 58 heavy (non-hydrogen) atoms. The number of hydrogen-bond acceptors (Lipinski definition) is 7. The number of ether oxygens (including phenoxy) is 2. The second kappa shape index (κ2) is 40.9. The maximum Gasteiger partial charge on any atom is 0.472 e. The molecule has 0 saturated heterocycles. The van der Waals surface area contributed by atoms with Gasteiger partial charge in [0, 0.05) is 12.8 Å². The van der Waals surface area contributed by atoms with E-state index in [4.69, 9.17) is 18.5 Å². The minimum atomic E-state index is -4.38. The molecule has 0 rings (SSSR count). The third kappa shape index (κ3) is 44.1. The van der Waals surface area contributed by atoms with Crippen LogP contribution in [0.25, 0.3) is 0 Å². The van der Waals surface area contributed by atoms with Crippen molar-refractivity contribution in [2.75, 3.05) is 47.5 Å². The fraction of sp³-hybridized carbons (Fsp3) is 0.875. The predicted octanol–water partition coefficient (Wildman–Crippen LogP) is 13.9. The van der Waals surface area contributed by atoms with E-state index in [1.54, 1.807) is 0 Å². The molecule has 0 bridgehead atoms. The van der Waals surface area contributed by atoms with E-state index in [1.165, 1.54) is 128 Å². The molecule has 0 radical (unpaired) electrons. The molecule has 0 aliphatic rings. The third-order valence-corrected chi connectivity index (χ3v) is 11.4. The number of likely N-dealkylation sites (N-methyl/N-ethyl adjacent to an activating group) is 1. The average Bonchev–Trinajstić information content (AvgIpc) is 3.17. The van der Waals surface area contributed by atoms with Gasteiger partial charge in [-0.3, -0.25) is 18.6 Å². The zero-order valence-electron chi connectivity index (χ0n) is 38.5. The zero-order valence-corrected chi connectivity index (χ0v) is 39.4. The summed E-state index contributed by atoms with van der Waals surface area (Å²) in [6.07, 6.45) is 45.1. The second-order valence-corrected chi connectivity index (χ2v) is 18.9. The number of esters is 2.